The molecule has 0 unspecified atom stereocenters. The first-order chi connectivity index (χ1) is 10.3. The van der Waals surface area contributed by atoms with Gasteiger partial charge in [0, 0.05) is 25.2 Å². The van der Waals surface area contributed by atoms with Crippen LogP contribution in [-0.4, -0.2) is 50.1 Å². The minimum absolute atomic E-state index is 0.0536. The van der Waals surface area contributed by atoms with Crippen LogP contribution in [0.15, 0.2) is 29.2 Å². The number of hydrogen-bond donors (Lipinski definition) is 2. The molecular formula is C15H22N2O4S. The Kier molecular flexibility index (Phi) is 5.20. The Morgan fingerprint density at radius 3 is 2.45 bits per heavy atom. The zero-order valence-corrected chi connectivity index (χ0v) is 13.6. The van der Waals surface area contributed by atoms with Gasteiger partial charge in [0.15, 0.2) is 0 Å². The van der Waals surface area contributed by atoms with Crippen LogP contribution in [0.1, 0.15) is 36.5 Å². The first-order valence-corrected chi connectivity index (χ1v) is 8.84. The van der Waals surface area contributed by atoms with Crippen LogP contribution in [0.3, 0.4) is 0 Å². The quantitative estimate of drug-likeness (QED) is 0.782. The Morgan fingerprint density at radius 1 is 1.36 bits per heavy atom. The number of carbonyl (C=O) groups excluding carboxylic acids is 1. The first kappa shape index (κ1) is 16.9. The second kappa shape index (κ2) is 6.76. The number of amides is 1. The summed E-state index contributed by atoms with van der Waals surface area (Å²) < 4.78 is 26.7. The maximum Gasteiger partial charge on any atom is 0.253 e. The fourth-order valence-electron chi connectivity index (χ4n) is 1.97. The number of nitrogens with one attached hydrogen (secondary N) is 1. The van der Waals surface area contributed by atoms with Gasteiger partial charge in [-0.2, -0.15) is 0 Å². The SMILES string of the molecule is C[C@@H](O)CCN(C)C(=O)c1ccc(S(=O)(=O)NC2CC2)cc1. The van der Waals surface area contributed by atoms with E-state index in [1.807, 2.05) is 0 Å². The number of sulfonamides is 1. The van der Waals surface area contributed by atoms with Crippen LogP contribution in [-0.2, 0) is 10.0 Å². The average Bonchev–Trinajstić information content (AvgIpc) is 3.27. The monoisotopic (exact) mass is 326 g/mol. The number of carbonyl (C=O) groups is 1. The minimum Gasteiger partial charge on any atom is -0.393 e. The van der Waals surface area contributed by atoms with Crippen molar-refractivity contribution in [1.82, 2.24) is 9.62 Å². The zero-order chi connectivity index (χ0) is 16.3. The minimum atomic E-state index is -3.49. The fraction of sp³-hybridized carbons (Fsp3) is 0.533. The van der Waals surface area contributed by atoms with Crippen LogP contribution in [0.5, 0.6) is 0 Å². The Hall–Kier alpha value is -1.44. The third-order valence-electron chi connectivity index (χ3n) is 3.54. The second-order valence-corrected chi connectivity index (χ2v) is 7.50. The van der Waals surface area contributed by atoms with E-state index in [0.717, 1.165) is 12.8 Å². The Balaban J connectivity index is 2.03. The van der Waals surface area contributed by atoms with Crippen LogP contribution in [0.4, 0.5) is 0 Å². The molecule has 1 atom stereocenters. The number of aliphatic hydroxyl groups excluding tert-OH is 1. The van der Waals surface area contributed by atoms with Crippen molar-refractivity contribution < 1.29 is 18.3 Å². The molecule has 0 bridgehead atoms. The molecule has 1 saturated carbocycles. The molecule has 0 radical (unpaired) electrons. The summed E-state index contributed by atoms with van der Waals surface area (Å²) in [6.45, 7) is 2.12. The van der Waals surface area contributed by atoms with Gasteiger partial charge in [-0.1, -0.05) is 0 Å². The van der Waals surface area contributed by atoms with Gasteiger partial charge < -0.3 is 10.0 Å². The van der Waals surface area contributed by atoms with E-state index in [9.17, 15) is 18.3 Å². The van der Waals surface area contributed by atoms with Gasteiger partial charge >= 0.3 is 0 Å². The van der Waals surface area contributed by atoms with Gasteiger partial charge in [0.25, 0.3) is 5.91 Å². The Labute approximate surface area is 131 Å². The van der Waals surface area contributed by atoms with Gasteiger partial charge in [-0.15, -0.1) is 0 Å². The van der Waals surface area contributed by atoms with Crippen molar-refractivity contribution in [2.75, 3.05) is 13.6 Å². The first-order valence-electron chi connectivity index (χ1n) is 7.35. The van der Waals surface area contributed by atoms with Crippen LogP contribution in [0.2, 0.25) is 0 Å². The lowest BCUT2D eigenvalue weighted by Gasteiger charge is -2.18. The number of aliphatic hydroxyl groups is 1. The van der Waals surface area contributed by atoms with E-state index in [1.54, 1.807) is 14.0 Å². The zero-order valence-electron chi connectivity index (χ0n) is 12.8. The van der Waals surface area contributed by atoms with E-state index < -0.39 is 16.1 Å². The Morgan fingerprint density at radius 2 is 1.95 bits per heavy atom. The summed E-state index contributed by atoms with van der Waals surface area (Å²) >= 11 is 0. The largest absolute Gasteiger partial charge is 0.393 e. The molecular weight excluding hydrogens is 304 g/mol. The van der Waals surface area contributed by atoms with Crippen molar-refractivity contribution in [3.05, 3.63) is 29.8 Å². The van der Waals surface area contributed by atoms with Crippen LogP contribution >= 0.6 is 0 Å². The predicted octanol–water partition coefficient (Wildman–Crippen LogP) is 0.970. The van der Waals surface area contributed by atoms with Crippen molar-refractivity contribution in [2.24, 2.45) is 0 Å². The Bertz CT molecular complexity index is 621. The molecule has 6 nitrogen and oxygen atoms in total. The van der Waals surface area contributed by atoms with E-state index in [-0.39, 0.29) is 16.8 Å². The fourth-order valence-corrected chi connectivity index (χ4v) is 3.27. The van der Waals surface area contributed by atoms with Crippen molar-refractivity contribution in [3.63, 3.8) is 0 Å². The smallest absolute Gasteiger partial charge is 0.253 e. The summed E-state index contributed by atoms with van der Waals surface area (Å²) in [5, 5.41) is 9.24. The van der Waals surface area contributed by atoms with E-state index in [0.29, 0.717) is 18.5 Å². The van der Waals surface area contributed by atoms with Crippen LogP contribution < -0.4 is 4.72 Å². The van der Waals surface area contributed by atoms with Crippen LogP contribution in [0, 0.1) is 0 Å². The molecule has 2 N–H and O–H groups in total. The molecule has 2 rings (SSSR count). The van der Waals surface area contributed by atoms with Gasteiger partial charge in [0.05, 0.1) is 11.0 Å². The average molecular weight is 326 g/mol. The van der Waals surface area contributed by atoms with E-state index in [2.05, 4.69) is 4.72 Å². The second-order valence-electron chi connectivity index (χ2n) is 5.78. The van der Waals surface area contributed by atoms with Crippen molar-refractivity contribution in [1.29, 1.82) is 0 Å². The molecule has 1 fully saturated rings. The molecule has 0 saturated heterocycles. The molecule has 0 aromatic heterocycles. The normalized spacial score (nSPS) is 16.3. The number of rotatable bonds is 7. The molecule has 0 aliphatic heterocycles. The van der Waals surface area contributed by atoms with Gasteiger partial charge in [-0.25, -0.2) is 13.1 Å². The van der Waals surface area contributed by atoms with Gasteiger partial charge in [0.1, 0.15) is 0 Å². The molecule has 1 aromatic rings. The summed E-state index contributed by atoms with van der Waals surface area (Å²) in [6, 6.07) is 5.98. The molecule has 1 aliphatic rings. The molecule has 1 aromatic carbocycles. The highest BCUT2D eigenvalue weighted by Crippen LogP contribution is 2.22. The molecule has 0 heterocycles. The van der Waals surface area contributed by atoms with Crippen LogP contribution in [0.25, 0.3) is 0 Å². The number of benzene rings is 1. The molecule has 7 heteroatoms. The van der Waals surface area contributed by atoms with E-state index in [4.69, 9.17) is 0 Å². The van der Waals surface area contributed by atoms with Gasteiger partial charge in [0.2, 0.25) is 10.0 Å². The van der Waals surface area contributed by atoms with E-state index in [1.165, 1.54) is 29.2 Å². The maximum absolute atomic E-state index is 12.2. The summed E-state index contributed by atoms with van der Waals surface area (Å²) in [6.07, 6.45) is 1.80. The van der Waals surface area contributed by atoms with Crippen molar-refractivity contribution in [3.8, 4) is 0 Å². The lowest BCUT2D eigenvalue weighted by Crippen LogP contribution is -2.29. The van der Waals surface area contributed by atoms with Crippen molar-refractivity contribution in [2.45, 2.75) is 43.2 Å². The summed E-state index contributed by atoms with van der Waals surface area (Å²) in [5.41, 5.74) is 0.429. The lowest BCUT2D eigenvalue weighted by atomic mass is 10.2. The highest BCUT2D eigenvalue weighted by Gasteiger charge is 2.28. The highest BCUT2D eigenvalue weighted by molar-refractivity contribution is 7.89. The summed E-state index contributed by atoms with van der Waals surface area (Å²) in [4.78, 5) is 13.9. The molecule has 122 valence electrons. The summed E-state index contributed by atoms with van der Waals surface area (Å²) in [5.74, 6) is -0.195. The molecule has 1 aliphatic carbocycles. The molecule has 1 amide bonds. The molecule has 0 spiro atoms. The topological polar surface area (TPSA) is 86.7 Å². The standard InChI is InChI=1S/C15H22N2O4S/c1-11(18)9-10-17(2)15(19)12-3-7-14(8-4-12)22(20,21)16-13-5-6-13/h3-4,7-8,11,13,16,18H,5-6,9-10H2,1-2H3/t11-/m1/s1. The van der Waals surface area contributed by atoms with Crippen molar-refractivity contribution >= 4 is 15.9 Å². The van der Waals surface area contributed by atoms with Gasteiger partial charge in [-0.3, -0.25) is 4.79 Å². The highest BCUT2D eigenvalue weighted by atomic mass is 32.2. The van der Waals surface area contributed by atoms with E-state index >= 15 is 0 Å². The third kappa shape index (κ3) is 4.53. The third-order valence-corrected chi connectivity index (χ3v) is 5.08. The summed E-state index contributed by atoms with van der Waals surface area (Å²) in [7, 11) is -1.83. The number of hydrogen-bond acceptors (Lipinski definition) is 4. The lowest BCUT2D eigenvalue weighted by molar-refractivity contribution is 0.0769. The number of nitrogens with zero attached hydrogens (tertiary/aromatic N) is 1. The van der Waals surface area contributed by atoms with Gasteiger partial charge in [-0.05, 0) is 50.5 Å². The maximum atomic E-state index is 12.2. The molecule has 22 heavy (non-hydrogen) atoms. The predicted molar refractivity (Wildman–Crippen MR) is 83.0 cm³/mol.